The van der Waals surface area contributed by atoms with Crippen LogP contribution in [0.2, 0.25) is 0 Å². The number of carbonyl (C=O) groups excluding carboxylic acids is 2. The third-order valence-electron chi connectivity index (χ3n) is 4.70. The molecule has 33 heavy (non-hydrogen) atoms. The second kappa shape index (κ2) is 10.2. The summed E-state index contributed by atoms with van der Waals surface area (Å²) >= 11 is 0. The molecule has 2 aromatic carbocycles. The number of nitro groups is 1. The molecule has 1 heterocycles. The molecule has 0 saturated carbocycles. The predicted octanol–water partition coefficient (Wildman–Crippen LogP) is 2.13. The Hall–Kier alpha value is -4.48. The Morgan fingerprint density at radius 2 is 1.76 bits per heavy atom. The zero-order valence-electron chi connectivity index (χ0n) is 18.1. The smallest absolute Gasteiger partial charge is 0.316 e. The number of benzene rings is 2. The van der Waals surface area contributed by atoms with E-state index in [4.69, 9.17) is 14.0 Å². The molecule has 0 fully saturated rings. The van der Waals surface area contributed by atoms with Crippen molar-refractivity contribution in [1.82, 2.24) is 20.8 Å². The molecule has 0 aliphatic rings. The minimum atomic E-state index is -0.641. The van der Waals surface area contributed by atoms with E-state index in [2.05, 4.69) is 20.8 Å². The Morgan fingerprint density at radius 3 is 2.42 bits per heavy atom. The molecule has 0 saturated heterocycles. The van der Waals surface area contributed by atoms with Crippen LogP contribution in [0.3, 0.4) is 0 Å². The zero-order chi connectivity index (χ0) is 24.0. The fraction of sp³-hybridized carbons (Fsp3) is 0.238. The van der Waals surface area contributed by atoms with Gasteiger partial charge in [0.15, 0.2) is 11.5 Å². The van der Waals surface area contributed by atoms with Crippen molar-refractivity contribution in [2.75, 3.05) is 27.3 Å². The van der Waals surface area contributed by atoms with Crippen molar-refractivity contribution in [3.63, 3.8) is 0 Å². The minimum Gasteiger partial charge on any atom is -0.493 e. The molecule has 2 amide bonds. The van der Waals surface area contributed by atoms with Crippen molar-refractivity contribution in [3.8, 4) is 22.9 Å². The number of ether oxygens (including phenoxy) is 2. The number of nitrogens with one attached hydrogen (secondary N) is 2. The van der Waals surface area contributed by atoms with E-state index in [1.165, 1.54) is 26.4 Å². The Balaban J connectivity index is 1.55. The number of carbonyl (C=O) groups is 2. The van der Waals surface area contributed by atoms with Crippen molar-refractivity contribution in [1.29, 1.82) is 0 Å². The number of rotatable bonds is 9. The van der Waals surface area contributed by atoms with E-state index in [1.807, 2.05) is 0 Å². The van der Waals surface area contributed by atoms with Gasteiger partial charge in [0.1, 0.15) is 0 Å². The van der Waals surface area contributed by atoms with Gasteiger partial charge in [-0.15, -0.1) is 0 Å². The molecule has 12 heteroatoms. The first kappa shape index (κ1) is 23.2. The summed E-state index contributed by atoms with van der Waals surface area (Å²) in [6.45, 7) is 1.81. The number of hydrogen-bond donors (Lipinski definition) is 2. The van der Waals surface area contributed by atoms with E-state index in [9.17, 15) is 19.7 Å². The van der Waals surface area contributed by atoms with Crippen LogP contribution in [0.15, 0.2) is 40.9 Å². The highest BCUT2D eigenvalue weighted by molar-refractivity contribution is 5.95. The van der Waals surface area contributed by atoms with Gasteiger partial charge in [0.25, 0.3) is 11.6 Å². The molecule has 3 rings (SSSR count). The monoisotopic (exact) mass is 455 g/mol. The van der Waals surface area contributed by atoms with Crippen LogP contribution in [0.4, 0.5) is 5.69 Å². The van der Waals surface area contributed by atoms with Crippen LogP contribution in [-0.2, 0) is 0 Å². The van der Waals surface area contributed by atoms with Crippen LogP contribution >= 0.6 is 0 Å². The average Bonchev–Trinajstić information content (AvgIpc) is 3.31. The predicted molar refractivity (Wildman–Crippen MR) is 115 cm³/mol. The summed E-state index contributed by atoms with van der Waals surface area (Å²) in [5.74, 6) is -0.320. The molecule has 0 unspecified atom stereocenters. The molecular formula is C21H21N5O7. The lowest BCUT2D eigenvalue weighted by Gasteiger charge is -2.10. The van der Waals surface area contributed by atoms with Gasteiger partial charge in [-0.05, 0) is 25.1 Å². The maximum absolute atomic E-state index is 12.3. The van der Waals surface area contributed by atoms with Gasteiger partial charge in [0.05, 0.1) is 19.1 Å². The molecular weight excluding hydrogens is 434 g/mol. The van der Waals surface area contributed by atoms with Gasteiger partial charge in [-0.25, -0.2) is 0 Å². The Kier molecular flexibility index (Phi) is 7.18. The molecule has 0 spiro atoms. The van der Waals surface area contributed by atoms with Gasteiger partial charge in [0, 0.05) is 35.8 Å². The lowest BCUT2D eigenvalue weighted by Crippen LogP contribution is -2.34. The SMILES string of the molecule is COc1ccc(C(=O)NCCNC(=O)c2nc(-c3cccc([N+](=O)[O-])c3C)no2)cc1OC. The highest BCUT2D eigenvalue weighted by Gasteiger charge is 2.20. The number of aromatic nitrogens is 2. The summed E-state index contributed by atoms with van der Waals surface area (Å²) in [5, 5.41) is 20.1. The van der Waals surface area contributed by atoms with Crippen LogP contribution in [0, 0.1) is 17.0 Å². The quantitative estimate of drug-likeness (QED) is 0.280. The summed E-state index contributed by atoms with van der Waals surface area (Å²) < 4.78 is 15.3. The Bertz CT molecular complexity index is 1190. The molecule has 12 nitrogen and oxygen atoms in total. The first-order valence-corrected chi connectivity index (χ1v) is 9.72. The summed E-state index contributed by atoms with van der Waals surface area (Å²) in [4.78, 5) is 39.1. The van der Waals surface area contributed by atoms with Crippen LogP contribution in [-0.4, -0.2) is 54.2 Å². The van der Waals surface area contributed by atoms with E-state index in [-0.39, 0.29) is 36.4 Å². The molecule has 3 aromatic rings. The third kappa shape index (κ3) is 5.23. The number of methoxy groups -OCH3 is 2. The minimum absolute atomic E-state index is 0.0584. The molecule has 172 valence electrons. The van der Waals surface area contributed by atoms with Crippen LogP contribution < -0.4 is 20.1 Å². The van der Waals surface area contributed by atoms with Crippen LogP contribution in [0.25, 0.3) is 11.4 Å². The van der Waals surface area contributed by atoms with Gasteiger partial charge >= 0.3 is 11.8 Å². The summed E-state index contributed by atoms with van der Waals surface area (Å²) in [6.07, 6.45) is 0. The number of nitro benzene ring substituents is 1. The first-order valence-electron chi connectivity index (χ1n) is 9.72. The Morgan fingerprint density at radius 1 is 1.06 bits per heavy atom. The number of amides is 2. The summed E-state index contributed by atoms with van der Waals surface area (Å²) in [5.41, 5.74) is 1.02. The molecule has 0 bridgehead atoms. The average molecular weight is 455 g/mol. The van der Waals surface area contributed by atoms with Gasteiger partial charge in [-0.3, -0.25) is 19.7 Å². The molecule has 0 radical (unpaired) electrons. The standard InChI is InChI=1S/C21H21N5O7/c1-12-14(5-4-6-15(12)26(29)30)18-24-21(33-25-18)20(28)23-10-9-22-19(27)13-7-8-16(31-2)17(11-13)32-3/h4-8,11H,9-10H2,1-3H3,(H,22,27)(H,23,28). The summed E-state index contributed by atoms with van der Waals surface area (Å²) in [7, 11) is 2.97. The normalized spacial score (nSPS) is 10.4. The zero-order valence-corrected chi connectivity index (χ0v) is 18.1. The van der Waals surface area contributed by atoms with E-state index < -0.39 is 10.8 Å². The molecule has 0 atom stereocenters. The fourth-order valence-corrected chi connectivity index (χ4v) is 3.00. The van der Waals surface area contributed by atoms with Crippen LogP contribution in [0.1, 0.15) is 26.6 Å². The highest BCUT2D eigenvalue weighted by atomic mass is 16.6. The van der Waals surface area contributed by atoms with E-state index in [0.29, 0.717) is 28.2 Å². The van der Waals surface area contributed by atoms with E-state index in [0.717, 1.165) is 0 Å². The molecule has 2 N–H and O–H groups in total. The number of nitrogens with zero attached hydrogens (tertiary/aromatic N) is 3. The topological polar surface area (TPSA) is 159 Å². The van der Waals surface area contributed by atoms with Crippen LogP contribution in [0.5, 0.6) is 11.5 Å². The van der Waals surface area contributed by atoms with Gasteiger partial charge in [-0.1, -0.05) is 17.3 Å². The van der Waals surface area contributed by atoms with Crippen molar-refractivity contribution in [2.24, 2.45) is 0 Å². The number of hydrogen-bond acceptors (Lipinski definition) is 9. The van der Waals surface area contributed by atoms with E-state index >= 15 is 0 Å². The lowest BCUT2D eigenvalue weighted by atomic mass is 10.1. The first-order chi connectivity index (χ1) is 15.8. The molecule has 1 aromatic heterocycles. The van der Waals surface area contributed by atoms with Gasteiger partial charge in [-0.2, -0.15) is 4.98 Å². The fourth-order valence-electron chi connectivity index (χ4n) is 3.00. The summed E-state index contributed by atoms with van der Waals surface area (Å²) in [6, 6.07) is 9.21. The molecule has 0 aliphatic heterocycles. The second-order valence-corrected chi connectivity index (χ2v) is 6.71. The van der Waals surface area contributed by atoms with Crippen molar-refractivity contribution in [3.05, 3.63) is 63.5 Å². The maximum atomic E-state index is 12.3. The Labute approximate surface area is 188 Å². The largest absolute Gasteiger partial charge is 0.493 e. The highest BCUT2D eigenvalue weighted by Crippen LogP contribution is 2.28. The lowest BCUT2D eigenvalue weighted by molar-refractivity contribution is -0.385. The maximum Gasteiger partial charge on any atom is 0.316 e. The third-order valence-corrected chi connectivity index (χ3v) is 4.70. The second-order valence-electron chi connectivity index (χ2n) is 6.71. The van der Waals surface area contributed by atoms with Crippen molar-refractivity contribution in [2.45, 2.75) is 6.92 Å². The van der Waals surface area contributed by atoms with E-state index in [1.54, 1.807) is 31.2 Å². The van der Waals surface area contributed by atoms with Crippen molar-refractivity contribution >= 4 is 17.5 Å². The van der Waals surface area contributed by atoms with Gasteiger partial charge < -0.3 is 24.6 Å². The molecule has 0 aliphatic carbocycles. The van der Waals surface area contributed by atoms with Gasteiger partial charge in [0.2, 0.25) is 5.82 Å². The van der Waals surface area contributed by atoms with Crippen molar-refractivity contribution < 1.29 is 28.5 Å².